The smallest absolute Gasteiger partial charge is 0.251 e. The van der Waals surface area contributed by atoms with E-state index in [1.54, 1.807) is 7.11 Å². The standard InChI is InChI=1S/C19H17NO2/c1-22-18-10-9-16-11-14(7-8-17(16)12-18)13-20-19(21)15-5-3-2-4-6-15/h2-12H,13H2,1H3,(H,20,21). The number of hydrogen-bond donors (Lipinski definition) is 1. The van der Waals surface area contributed by atoms with Crippen molar-refractivity contribution in [3.8, 4) is 5.75 Å². The van der Waals surface area contributed by atoms with Gasteiger partial charge in [-0.3, -0.25) is 4.79 Å². The van der Waals surface area contributed by atoms with Crippen LogP contribution in [0.3, 0.4) is 0 Å². The Labute approximate surface area is 129 Å². The Bertz CT molecular complexity index is 797. The molecule has 3 nitrogen and oxygen atoms in total. The highest BCUT2D eigenvalue weighted by atomic mass is 16.5. The fourth-order valence-corrected chi connectivity index (χ4v) is 2.38. The molecule has 3 aromatic rings. The summed E-state index contributed by atoms with van der Waals surface area (Å²) in [7, 11) is 1.66. The molecule has 3 aromatic carbocycles. The summed E-state index contributed by atoms with van der Waals surface area (Å²) in [5.74, 6) is 0.785. The minimum Gasteiger partial charge on any atom is -0.497 e. The van der Waals surface area contributed by atoms with Crippen molar-refractivity contribution in [1.82, 2.24) is 5.32 Å². The molecule has 0 bridgehead atoms. The number of amides is 1. The van der Waals surface area contributed by atoms with Gasteiger partial charge in [0, 0.05) is 12.1 Å². The van der Waals surface area contributed by atoms with Crippen molar-refractivity contribution in [2.24, 2.45) is 0 Å². The fourth-order valence-electron chi connectivity index (χ4n) is 2.38. The number of hydrogen-bond acceptors (Lipinski definition) is 2. The maximum Gasteiger partial charge on any atom is 0.251 e. The second kappa shape index (κ2) is 6.31. The maximum absolute atomic E-state index is 12.0. The van der Waals surface area contributed by atoms with Gasteiger partial charge in [-0.1, -0.05) is 36.4 Å². The second-order valence-corrected chi connectivity index (χ2v) is 5.10. The maximum atomic E-state index is 12.0. The second-order valence-electron chi connectivity index (χ2n) is 5.10. The van der Waals surface area contributed by atoms with Gasteiger partial charge in [-0.15, -0.1) is 0 Å². The van der Waals surface area contributed by atoms with Gasteiger partial charge in [0.2, 0.25) is 0 Å². The SMILES string of the molecule is COc1ccc2cc(CNC(=O)c3ccccc3)ccc2c1. The van der Waals surface area contributed by atoms with Gasteiger partial charge in [0.15, 0.2) is 0 Å². The summed E-state index contributed by atoms with van der Waals surface area (Å²) in [6.45, 7) is 0.510. The summed E-state index contributed by atoms with van der Waals surface area (Å²) < 4.78 is 5.22. The van der Waals surface area contributed by atoms with E-state index in [1.165, 1.54) is 0 Å². The van der Waals surface area contributed by atoms with Crippen LogP contribution >= 0.6 is 0 Å². The molecule has 3 rings (SSSR count). The molecule has 0 spiro atoms. The molecule has 0 aliphatic rings. The molecule has 0 saturated carbocycles. The van der Waals surface area contributed by atoms with Gasteiger partial charge in [-0.25, -0.2) is 0 Å². The molecule has 0 unspecified atom stereocenters. The number of nitrogens with one attached hydrogen (secondary N) is 1. The molecule has 0 radical (unpaired) electrons. The average molecular weight is 291 g/mol. The lowest BCUT2D eigenvalue weighted by molar-refractivity contribution is 0.0951. The summed E-state index contributed by atoms with van der Waals surface area (Å²) >= 11 is 0. The first-order chi connectivity index (χ1) is 10.8. The van der Waals surface area contributed by atoms with Gasteiger partial charge in [-0.2, -0.15) is 0 Å². The topological polar surface area (TPSA) is 38.3 Å². The van der Waals surface area contributed by atoms with E-state index in [0.717, 1.165) is 22.1 Å². The summed E-state index contributed by atoms with van der Waals surface area (Å²) in [6.07, 6.45) is 0. The zero-order chi connectivity index (χ0) is 15.4. The van der Waals surface area contributed by atoms with E-state index < -0.39 is 0 Å². The largest absolute Gasteiger partial charge is 0.497 e. The first kappa shape index (κ1) is 14.1. The average Bonchev–Trinajstić information content (AvgIpc) is 2.59. The third-order valence-electron chi connectivity index (χ3n) is 3.60. The number of fused-ring (bicyclic) bond motifs is 1. The fraction of sp³-hybridized carbons (Fsp3) is 0.105. The van der Waals surface area contributed by atoms with E-state index in [1.807, 2.05) is 60.7 Å². The highest BCUT2D eigenvalue weighted by molar-refractivity contribution is 5.94. The van der Waals surface area contributed by atoms with Crippen molar-refractivity contribution in [2.75, 3.05) is 7.11 Å². The lowest BCUT2D eigenvalue weighted by atomic mass is 10.1. The van der Waals surface area contributed by atoms with Crippen LogP contribution in [-0.4, -0.2) is 13.0 Å². The molecular weight excluding hydrogens is 274 g/mol. The van der Waals surface area contributed by atoms with Crippen LogP contribution in [0.25, 0.3) is 10.8 Å². The van der Waals surface area contributed by atoms with Crippen LogP contribution in [0, 0.1) is 0 Å². The quantitative estimate of drug-likeness (QED) is 0.794. The highest BCUT2D eigenvalue weighted by Gasteiger charge is 2.04. The van der Waals surface area contributed by atoms with E-state index in [9.17, 15) is 4.79 Å². The van der Waals surface area contributed by atoms with E-state index in [2.05, 4.69) is 11.4 Å². The minimum atomic E-state index is -0.0598. The summed E-state index contributed by atoms with van der Waals surface area (Å²) in [6, 6.07) is 21.3. The van der Waals surface area contributed by atoms with Crippen LogP contribution < -0.4 is 10.1 Å². The molecule has 0 aliphatic heterocycles. The third kappa shape index (κ3) is 3.09. The van der Waals surface area contributed by atoms with Gasteiger partial charge in [0.1, 0.15) is 5.75 Å². The van der Waals surface area contributed by atoms with Crippen LogP contribution in [0.15, 0.2) is 66.7 Å². The normalized spacial score (nSPS) is 10.4. The Morgan fingerprint density at radius 2 is 1.68 bits per heavy atom. The molecule has 0 saturated heterocycles. The van der Waals surface area contributed by atoms with Crippen molar-refractivity contribution >= 4 is 16.7 Å². The predicted molar refractivity (Wildman–Crippen MR) is 88.1 cm³/mol. The molecule has 0 atom stereocenters. The number of carbonyl (C=O) groups excluding carboxylic acids is 1. The Kier molecular flexibility index (Phi) is 4.05. The first-order valence-corrected chi connectivity index (χ1v) is 7.16. The number of carbonyl (C=O) groups is 1. The predicted octanol–water partition coefficient (Wildman–Crippen LogP) is 3.78. The first-order valence-electron chi connectivity index (χ1n) is 7.16. The van der Waals surface area contributed by atoms with Crippen molar-refractivity contribution in [3.05, 3.63) is 77.9 Å². The molecule has 0 aromatic heterocycles. The zero-order valence-corrected chi connectivity index (χ0v) is 12.4. The lowest BCUT2D eigenvalue weighted by Crippen LogP contribution is -2.22. The molecular formula is C19H17NO2. The van der Waals surface area contributed by atoms with Crippen LogP contribution in [0.2, 0.25) is 0 Å². The molecule has 0 heterocycles. The van der Waals surface area contributed by atoms with Crippen molar-refractivity contribution in [2.45, 2.75) is 6.54 Å². The number of ether oxygens (including phenoxy) is 1. The molecule has 1 amide bonds. The van der Waals surface area contributed by atoms with Gasteiger partial charge < -0.3 is 10.1 Å². The van der Waals surface area contributed by atoms with Crippen molar-refractivity contribution < 1.29 is 9.53 Å². The van der Waals surface area contributed by atoms with Gasteiger partial charge in [0.25, 0.3) is 5.91 Å². The van der Waals surface area contributed by atoms with E-state index in [-0.39, 0.29) is 5.91 Å². The van der Waals surface area contributed by atoms with E-state index in [0.29, 0.717) is 12.1 Å². The van der Waals surface area contributed by atoms with Crippen LogP contribution in [0.4, 0.5) is 0 Å². The Hall–Kier alpha value is -2.81. The molecule has 3 heteroatoms. The number of methoxy groups -OCH3 is 1. The Balaban J connectivity index is 1.73. The minimum absolute atomic E-state index is 0.0598. The molecule has 22 heavy (non-hydrogen) atoms. The summed E-state index contributed by atoms with van der Waals surface area (Å²) in [5.41, 5.74) is 1.75. The van der Waals surface area contributed by atoms with Crippen LogP contribution in [0.1, 0.15) is 15.9 Å². The Morgan fingerprint density at radius 1 is 0.955 bits per heavy atom. The van der Waals surface area contributed by atoms with E-state index >= 15 is 0 Å². The van der Waals surface area contributed by atoms with Crippen LogP contribution in [0.5, 0.6) is 5.75 Å². The number of benzene rings is 3. The van der Waals surface area contributed by atoms with Crippen molar-refractivity contribution in [3.63, 3.8) is 0 Å². The van der Waals surface area contributed by atoms with E-state index in [4.69, 9.17) is 4.74 Å². The summed E-state index contributed by atoms with van der Waals surface area (Å²) in [5, 5.41) is 5.19. The van der Waals surface area contributed by atoms with Crippen molar-refractivity contribution in [1.29, 1.82) is 0 Å². The third-order valence-corrected chi connectivity index (χ3v) is 3.60. The zero-order valence-electron chi connectivity index (χ0n) is 12.4. The molecule has 0 fully saturated rings. The Morgan fingerprint density at radius 3 is 2.45 bits per heavy atom. The van der Waals surface area contributed by atoms with Gasteiger partial charge in [-0.05, 0) is 46.7 Å². The van der Waals surface area contributed by atoms with Gasteiger partial charge in [0.05, 0.1) is 7.11 Å². The van der Waals surface area contributed by atoms with Gasteiger partial charge >= 0.3 is 0 Å². The number of rotatable bonds is 4. The molecule has 1 N–H and O–H groups in total. The highest BCUT2D eigenvalue weighted by Crippen LogP contribution is 2.21. The lowest BCUT2D eigenvalue weighted by Gasteiger charge is -2.07. The summed E-state index contributed by atoms with van der Waals surface area (Å²) in [4.78, 5) is 12.0. The van der Waals surface area contributed by atoms with Crippen LogP contribution in [-0.2, 0) is 6.54 Å². The monoisotopic (exact) mass is 291 g/mol. The molecule has 110 valence electrons. The molecule has 0 aliphatic carbocycles.